The zero-order valence-corrected chi connectivity index (χ0v) is 17.6. The predicted octanol–water partition coefficient (Wildman–Crippen LogP) is 2.55. The molecule has 1 aromatic carbocycles. The van der Waals surface area contributed by atoms with Gasteiger partial charge < -0.3 is 14.8 Å². The van der Waals surface area contributed by atoms with Crippen molar-refractivity contribution in [2.45, 2.75) is 62.4 Å². The molecule has 2 aliphatic rings. The van der Waals surface area contributed by atoms with Crippen molar-refractivity contribution >= 4 is 15.9 Å². The topological polar surface area (TPSA) is 84.9 Å². The van der Waals surface area contributed by atoms with Gasteiger partial charge in [0.2, 0.25) is 15.9 Å². The number of hydrogen-bond acceptors (Lipinski definition) is 5. The number of carbonyl (C=O) groups excluding carboxylic acids is 1. The number of methoxy groups -OCH3 is 2. The number of nitrogens with zero attached hydrogens (tertiary/aromatic N) is 1. The van der Waals surface area contributed by atoms with Crippen molar-refractivity contribution in [2.75, 3.05) is 20.8 Å². The van der Waals surface area contributed by atoms with Crippen LogP contribution in [0.15, 0.2) is 23.1 Å². The third kappa shape index (κ3) is 4.12. The van der Waals surface area contributed by atoms with Gasteiger partial charge in [0.25, 0.3) is 0 Å². The summed E-state index contributed by atoms with van der Waals surface area (Å²) < 4.78 is 38.2. The smallest absolute Gasteiger partial charge is 0.243 e. The largest absolute Gasteiger partial charge is 0.493 e. The van der Waals surface area contributed by atoms with Gasteiger partial charge in [-0.15, -0.1) is 0 Å². The van der Waals surface area contributed by atoms with Crippen LogP contribution < -0.4 is 14.8 Å². The summed E-state index contributed by atoms with van der Waals surface area (Å²) >= 11 is 0. The second kappa shape index (κ2) is 8.69. The molecular formula is C20H30N2O5S. The molecule has 1 N–H and O–H groups in total. The summed E-state index contributed by atoms with van der Waals surface area (Å²) in [6, 6.07) is 3.98. The van der Waals surface area contributed by atoms with Gasteiger partial charge in [0.05, 0.1) is 19.1 Å². The van der Waals surface area contributed by atoms with Crippen molar-refractivity contribution in [3.8, 4) is 11.5 Å². The normalized spacial score (nSPS) is 26.0. The van der Waals surface area contributed by atoms with Crippen LogP contribution in [0.1, 0.15) is 45.4 Å². The number of rotatable bonds is 6. The molecule has 0 aromatic heterocycles. The van der Waals surface area contributed by atoms with Crippen LogP contribution in [-0.4, -0.2) is 51.5 Å². The van der Waals surface area contributed by atoms with Crippen molar-refractivity contribution in [1.82, 2.24) is 9.62 Å². The third-order valence-electron chi connectivity index (χ3n) is 5.91. The molecule has 156 valence electrons. The fraction of sp³-hybridized carbons (Fsp3) is 0.650. The molecular weight excluding hydrogens is 380 g/mol. The molecule has 0 radical (unpaired) electrons. The molecule has 0 bridgehead atoms. The van der Waals surface area contributed by atoms with E-state index in [4.69, 9.17) is 9.47 Å². The number of amides is 1. The maximum Gasteiger partial charge on any atom is 0.243 e. The van der Waals surface area contributed by atoms with E-state index in [0.29, 0.717) is 36.8 Å². The first-order valence-corrected chi connectivity index (χ1v) is 11.4. The molecule has 1 saturated heterocycles. The van der Waals surface area contributed by atoms with Gasteiger partial charge in [-0.1, -0.05) is 19.8 Å². The summed E-state index contributed by atoms with van der Waals surface area (Å²) in [7, 11) is -0.845. The average Bonchev–Trinajstić information content (AvgIpc) is 3.20. The Balaban J connectivity index is 1.80. The highest BCUT2D eigenvalue weighted by molar-refractivity contribution is 7.89. The molecule has 8 heteroatoms. The lowest BCUT2D eigenvalue weighted by Gasteiger charge is -2.32. The summed E-state index contributed by atoms with van der Waals surface area (Å²) in [6.07, 6.45) is 5.57. The monoisotopic (exact) mass is 410 g/mol. The Kier molecular flexibility index (Phi) is 6.50. The summed E-state index contributed by atoms with van der Waals surface area (Å²) in [4.78, 5) is 13.0. The number of hydrogen-bond donors (Lipinski definition) is 1. The zero-order chi connectivity index (χ0) is 20.3. The Labute approximate surface area is 167 Å². The molecule has 1 saturated carbocycles. The minimum absolute atomic E-state index is 0.107. The molecule has 1 amide bonds. The highest BCUT2D eigenvalue weighted by atomic mass is 32.2. The van der Waals surface area contributed by atoms with Crippen molar-refractivity contribution < 1.29 is 22.7 Å². The Bertz CT molecular complexity index is 811. The van der Waals surface area contributed by atoms with Gasteiger partial charge in [-0.05, 0) is 43.7 Å². The lowest BCUT2D eigenvalue weighted by atomic mass is 9.86. The second-order valence-electron chi connectivity index (χ2n) is 7.67. The minimum atomic E-state index is -3.81. The highest BCUT2D eigenvalue weighted by Gasteiger charge is 2.40. The first-order chi connectivity index (χ1) is 13.4. The van der Waals surface area contributed by atoms with Crippen LogP contribution >= 0.6 is 0 Å². The molecule has 3 unspecified atom stereocenters. The summed E-state index contributed by atoms with van der Waals surface area (Å²) in [5.41, 5.74) is 0. The van der Waals surface area contributed by atoms with Crippen LogP contribution in [0.5, 0.6) is 11.5 Å². The molecule has 1 aliphatic carbocycles. The van der Waals surface area contributed by atoms with E-state index in [1.165, 1.54) is 37.1 Å². The van der Waals surface area contributed by atoms with Crippen molar-refractivity contribution in [2.24, 2.45) is 5.92 Å². The zero-order valence-electron chi connectivity index (χ0n) is 16.8. The van der Waals surface area contributed by atoms with Gasteiger partial charge >= 0.3 is 0 Å². The molecule has 7 nitrogen and oxygen atoms in total. The first-order valence-electron chi connectivity index (χ1n) is 9.92. The van der Waals surface area contributed by atoms with E-state index >= 15 is 0 Å². The van der Waals surface area contributed by atoms with Crippen molar-refractivity contribution in [3.05, 3.63) is 18.2 Å². The molecule has 28 heavy (non-hydrogen) atoms. The third-order valence-corrected chi connectivity index (χ3v) is 7.81. The van der Waals surface area contributed by atoms with Gasteiger partial charge in [-0.3, -0.25) is 4.79 Å². The van der Waals surface area contributed by atoms with Crippen LogP contribution in [0.4, 0.5) is 0 Å². The number of benzene rings is 1. The van der Waals surface area contributed by atoms with E-state index in [1.54, 1.807) is 6.07 Å². The van der Waals surface area contributed by atoms with E-state index in [2.05, 4.69) is 12.2 Å². The van der Waals surface area contributed by atoms with E-state index in [-0.39, 0.29) is 16.8 Å². The first kappa shape index (κ1) is 20.9. The average molecular weight is 411 g/mol. The Morgan fingerprint density at radius 3 is 2.46 bits per heavy atom. The maximum atomic E-state index is 13.2. The molecule has 1 aromatic rings. The SMILES string of the molecule is COc1ccc(S(=O)(=O)N2CCCC2C(=O)NC2CCCCC2C)cc1OC. The lowest BCUT2D eigenvalue weighted by Crippen LogP contribution is -2.50. The molecule has 2 fully saturated rings. The molecule has 0 spiro atoms. The molecule has 3 rings (SSSR count). The Hall–Kier alpha value is -1.80. The summed E-state index contributed by atoms with van der Waals surface area (Å²) in [6.45, 7) is 2.49. The van der Waals surface area contributed by atoms with Crippen molar-refractivity contribution in [3.63, 3.8) is 0 Å². The van der Waals surface area contributed by atoms with E-state index < -0.39 is 16.1 Å². The predicted molar refractivity (Wildman–Crippen MR) is 106 cm³/mol. The second-order valence-corrected chi connectivity index (χ2v) is 9.56. The summed E-state index contributed by atoms with van der Waals surface area (Å²) in [5, 5.41) is 3.12. The lowest BCUT2D eigenvalue weighted by molar-refractivity contribution is -0.125. The highest BCUT2D eigenvalue weighted by Crippen LogP contribution is 2.33. The van der Waals surface area contributed by atoms with Crippen LogP contribution in [0.2, 0.25) is 0 Å². The number of sulfonamides is 1. The Morgan fingerprint density at radius 2 is 1.79 bits per heavy atom. The van der Waals surface area contributed by atoms with Crippen LogP contribution in [-0.2, 0) is 14.8 Å². The number of carbonyl (C=O) groups is 1. The van der Waals surface area contributed by atoms with Gasteiger partial charge in [0.1, 0.15) is 6.04 Å². The maximum absolute atomic E-state index is 13.2. The van der Waals surface area contributed by atoms with Gasteiger partial charge in [0.15, 0.2) is 11.5 Å². The fourth-order valence-corrected chi connectivity index (χ4v) is 5.88. The Morgan fingerprint density at radius 1 is 1.07 bits per heavy atom. The van der Waals surface area contributed by atoms with Gasteiger partial charge in [-0.25, -0.2) is 8.42 Å². The van der Waals surface area contributed by atoms with Crippen molar-refractivity contribution in [1.29, 1.82) is 0 Å². The van der Waals surface area contributed by atoms with E-state index in [0.717, 1.165) is 19.3 Å². The van der Waals surface area contributed by atoms with E-state index in [9.17, 15) is 13.2 Å². The van der Waals surface area contributed by atoms with Crippen LogP contribution in [0.3, 0.4) is 0 Å². The minimum Gasteiger partial charge on any atom is -0.493 e. The fourth-order valence-electron chi connectivity index (χ4n) is 4.21. The number of nitrogens with one attached hydrogen (secondary N) is 1. The van der Waals surface area contributed by atoms with Crippen LogP contribution in [0.25, 0.3) is 0 Å². The molecule has 1 aliphatic heterocycles. The van der Waals surface area contributed by atoms with Gasteiger partial charge in [0, 0.05) is 18.7 Å². The van der Waals surface area contributed by atoms with E-state index in [1.807, 2.05) is 0 Å². The molecule has 3 atom stereocenters. The van der Waals surface area contributed by atoms with Gasteiger partial charge in [-0.2, -0.15) is 4.31 Å². The quantitative estimate of drug-likeness (QED) is 0.779. The summed E-state index contributed by atoms with van der Waals surface area (Å²) in [5.74, 6) is 1.05. The molecule has 1 heterocycles. The number of ether oxygens (including phenoxy) is 2. The standard InChI is InChI=1S/C20H30N2O5S/c1-14-7-4-5-8-16(14)21-20(23)17-9-6-12-22(17)28(24,25)15-10-11-18(26-2)19(13-15)27-3/h10-11,13-14,16-17H,4-9,12H2,1-3H3,(H,21,23). The van der Waals surface area contributed by atoms with Crippen LogP contribution in [0, 0.1) is 5.92 Å².